The number of nitrogens with two attached hydrogens (primary N) is 1. The fraction of sp³-hybridized carbons (Fsp3) is 0. The number of hydrogen-bond donors (Lipinski definition) is 1. The summed E-state index contributed by atoms with van der Waals surface area (Å²) in [4.78, 5) is 12.6. The van der Waals surface area contributed by atoms with Gasteiger partial charge in [0.1, 0.15) is 5.75 Å². The van der Waals surface area contributed by atoms with E-state index < -0.39 is 6.09 Å². The first-order valence-electron chi connectivity index (χ1n) is 5.43. The van der Waals surface area contributed by atoms with E-state index in [1.807, 2.05) is 24.3 Å². The Morgan fingerprint density at radius 1 is 1.05 bits per heavy atom. The van der Waals surface area contributed by atoms with Gasteiger partial charge in [0.25, 0.3) is 0 Å². The molecule has 2 aromatic carbocycles. The van der Waals surface area contributed by atoms with Gasteiger partial charge in [0.15, 0.2) is 0 Å². The maximum atomic E-state index is 10.6. The van der Waals surface area contributed by atoms with E-state index in [1.54, 1.807) is 36.0 Å². The molecule has 0 bridgehead atoms. The van der Waals surface area contributed by atoms with E-state index in [2.05, 4.69) is 6.07 Å². The topological polar surface area (TPSA) is 76.1 Å². The Bertz CT molecular complexity index is 615. The van der Waals surface area contributed by atoms with Gasteiger partial charge in [0.05, 0.1) is 11.6 Å². The first kappa shape index (κ1) is 13.0. The van der Waals surface area contributed by atoms with Crippen molar-refractivity contribution < 1.29 is 9.53 Å². The lowest BCUT2D eigenvalue weighted by Crippen LogP contribution is -2.16. The first-order valence-corrected chi connectivity index (χ1v) is 6.24. The van der Waals surface area contributed by atoms with Crippen molar-refractivity contribution in [3.05, 3.63) is 54.1 Å². The van der Waals surface area contributed by atoms with Crippen LogP contribution in [0, 0.1) is 11.3 Å². The lowest BCUT2D eigenvalue weighted by Gasteiger charge is -2.04. The Morgan fingerprint density at radius 3 is 2.05 bits per heavy atom. The van der Waals surface area contributed by atoms with E-state index in [0.29, 0.717) is 11.3 Å². The van der Waals surface area contributed by atoms with Gasteiger partial charge in [-0.15, -0.1) is 0 Å². The molecular formula is C14H10N2O2S. The minimum atomic E-state index is -0.826. The molecule has 2 aromatic rings. The van der Waals surface area contributed by atoms with E-state index >= 15 is 0 Å². The summed E-state index contributed by atoms with van der Waals surface area (Å²) >= 11 is 1.55. The standard InChI is InChI=1S/C14H10N2O2S/c15-9-10-1-5-12(6-2-10)19-13-7-3-11(4-8-13)18-14(16)17/h1-8H,(H2,16,17). The molecule has 0 heterocycles. The summed E-state index contributed by atoms with van der Waals surface area (Å²) in [6.07, 6.45) is -0.826. The fourth-order valence-corrected chi connectivity index (χ4v) is 2.24. The molecule has 4 nitrogen and oxygen atoms in total. The zero-order valence-corrected chi connectivity index (χ0v) is 10.7. The number of hydrogen-bond acceptors (Lipinski definition) is 4. The van der Waals surface area contributed by atoms with Crippen LogP contribution in [0.15, 0.2) is 58.3 Å². The number of primary amides is 1. The summed E-state index contributed by atoms with van der Waals surface area (Å²) in [5, 5.41) is 8.71. The van der Waals surface area contributed by atoms with Crippen LogP contribution in [0.4, 0.5) is 4.79 Å². The monoisotopic (exact) mass is 270 g/mol. The summed E-state index contributed by atoms with van der Waals surface area (Å²) in [7, 11) is 0. The predicted octanol–water partition coefficient (Wildman–Crippen LogP) is 3.17. The number of benzene rings is 2. The molecule has 0 aromatic heterocycles. The number of ether oxygens (including phenoxy) is 1. The molecule has 0 radical (unpaired) electrons. The van der Waals surface area contributed by atoms with E-state index in [0.717, 1.165) is 9.79 Å². The smallest absolute Gasteiger partial charge is 0.409 e. The number of amides is 1. The molecule has 0 aliphatic heterocycles. The highest BCUT2D eigenvalue weighted by atomic mass is 32.2. The Hall–Kier alpha value is -2.45. The summed E-state index contributed by atoms with van der Waals surface area (Å²) in [6, 6.07) is 16.4. The molecule has 0 atom stereocenters. The number of rotatable bonds is 3. The molecule has 0 unspecified atom stereocenters. The van der Waals surface area contributed by atoms with E-state index in [1.165, 1.54) is 0 Å². The largest absolute Gasteiger partial charge is 0.411 e. The molecular weight excluding hydrogens is 260 g/mol. The molecule has 0 aliphatic carbocycles. The van der Waals surface area contributed by atoms with Crippen molar-refractivity contribution in [2.75, 3.05) is 0 Å². The Balaban J connectivity index is 2.06. The number of nitriles is 1. The van der Waals surface area contributed by atoms with Gasteiger partial charge in [0.2, 0.25) is 0 Å². The first-order chi connectivity index (χ1) is 9.17. The summed E-state index contributed by atoms with van der Waals surface area (Å²) in [5.74, 6) is 0.414. The van der Waals surface area contributed by atoms with Crippen molar-refractivity contribution in [3.63, 3.8) is 0 Å². The van der Waals surface area contributed by atoms with Gasteiger partial charge in [-0.05, 0) is 48.5 Å². The van der Waals surface area contributed by atoms with Crippen LogP contribution in [-0.4, -0.2) is 6.09 Å². The molecule has 2 N–H and O–H groups in total. The van der Waals surface area contributed by atoms with Gasteiger partial charge in [0, 0.05) is 9.79 Å². The van der Waals surface area contributed by atoms with Gasteiger partial charge < -0.3 is 10.5 Å². The minimum Gasteiger partial charge on any atom is -0.411 e. The van der Waals surface area contributed by atoms with Gasteiger partial charge in [-0.1, -0.05) is 11.8 Å². The third-order valence-electron chi connectivity index (χ3n) is 2.26. The summed E-state index contributed by atoms with van der Waals surface area (Å²) < 4.78 is 4.74. The summed E-state index contributed by atoms with van der Waals surface area (Å²) in [5.41, 5.74) is 5.55. The second-order valence-corrected chi connectivity index (χ2v) is 4.78. The van der Waals surface area contributed by atoms with Crippen LogP contribution in [-0.2, 0) is 0 Å². The van der Waals surface area contributed by atoms with E-state index in [-0.39, 0.29) is 0 Å². The van der Waals surface area contributed by atoms with E-state index in [4.69, 9.17) is 15.7 Å². The van der Waals surface area contributed by atoms with Crippen LogP contribution in [0.3, 0.4) is 0 Å². The molecule has 94 valence electrons. The average molecular weight is 270 g/mol. The molecule has 0 saturated heterocycles. The molecule has 0 saturated carbocycles. The zero-order chi connectivity index (χ0) is 13.7. The fourth-order valence-electron chi connectivity index (χ4n) is 1.43. The highest BCUT2D eigenvalue weighted by Gasteiger charge is 2.01. The van der Waals surface area contributed by atoms with Crippen LogP contribution < -0.4 is 10.5 Å². The van der Waals surface area contributed by atoms with Crippen LogP contribution in [0.1, 0.15) is 5.56 Å². The molecule has 1 amide bonds. The lowest BCUT2D eigenvalue weighted by atomic mass is 10.2. The molecule has 0 aliphatic rings. The van der Waals surface area contributed by atoms with Gasteiger partial charge in [-0.2, -0.15) is 5.26 Å². The Morgan fingerprint density at radius 2 is 1.58 bits per heavy atom. The Kier molecular flexibility index (Phi) is 4.06. The summed E-state index contributed by atoms with van der Waals surface area (Å²) in [6.45, 7) is 0. The highest BCUT2D eigenvalue weighted by Crippen LogP contribution is 2.29. The van der Waals surface area contributed by atoms with Gasteiger partial charge in [-0.3, -0.25) is 0 Å². The van der Waals surface area contributed by atoms with Crippen LogP contribution in [0.5, 0.6) is 5.75 Å². The normalized spacial score (nSPS) is 9.63. The van der Waals surface area contributed by atoms with Gasteiger partial charge in [-0.25, -0.2) is 4.79 Å². The van der Waals surface area contributed by atoms with Crippen molar-refractivity contribution in [2.45, 2.75) is 9.79 Å². The predicted molar refractivity (Wildman–Crippen MR) is 71.9 cm³/mol. The van der Waals surface area contributed by atoms with Crippen molar-refractivity contribution in [3.8, 4) is 11.8 Å². The SMILES string of the molecule is N#Cc1ccc(Sc2ccc(OC(N)=O)cc2)cc1. The second-order valence-electron chi connectivity index (χ2n) is 3.63. The van der Waals surface area contributed by atoms with Crippen LogP contribution >= 0.6 is 11.8 Å². The highest BCUT2D eigenvalue weighted by molar-refractivity contribution is 7.99. The number of carbonyl (C=O) groups excluding carboxylic acids is 1. The molecule has 0 fully saturated rings. The third kappa shape index (κ3) is 3.76. The zero-order valence-electron chi connectivity index (χ0n) is 9.87. The molecule has 2 rings (SSSR count). The van der Waals surface area contributed by atoms with Crippen molar-refractivity contribution >= 4 is 17.9 Å². The van der Waals surface area contributed by atoms with Crippen LogP contribution in [0.2, 0.25) is 0 Å². The number of nitrogens with zero attached hydrogens (tertiary/aromatic N) is 1. The maximum Gasteiger partial charge on any atom is 0.409 e. The molecule has 0 spiro atoms. The second kappa shape index (κ2) is 5.94. The third-order valence-corrected chi connectivity index (χ3v) is 3.28. The van der Waals surface area contributed by atoms with Crippen molar-refractivity contribution in [1.29, 1.82) is 5.26 Å². The number of carbonyl (C=O) groups is 1. The minimum absolute atomic E-state index is 0.414. The quantitative estimate of drug-likeness (QED) is 0.929. The maximum absolute atomic E-state index is 10.6. The average Bonchev–Trinajstić information content (AvgIpc) is 2.41. The van der Waals surface area contributed by atoms with Crippen molar-refractivity contribution in [2.24, 2.45) is 5.73 Å². The van der Waals surface area contributed by atoms with Crippen molar-refractivity contribution in [1.82, 2.24) is 0 Å². The Labute approximate surface area is 114 Å². The van der Waals surface area contributed by atoms with Crippen LogP contribution in [0.25, 0.3) is 0 Å². The van der Waals surface area contributed by atoms with Gasteiger partial charge >= 0.3 is 6.09 Å². The molecule has 19 heavy (non-hydrogen) atoms. The lowest BCUT2D eigenvalue weighted by molar-refractivity contribution is 0.211. The van der Waals surface area contributed by atoms with E-state index in [9.17, 15) is 4.79 Å². The molecule has 5 heteroatoms.